The molecule has 0 aliphatic heterocycles. The summed E-state index contributed by atoms with van der Waals surface area (Å²) in [5.74, 6) is -1.95. The lowest BCUT2D eigenvalue weighted by Gasteiger charge is -1.91. The predicted molar refractivity (Wildman–Crippen MR) is 50.1 cm³/mol. The molecule has 0 aliphatic rings. The second kappa shape index (κ2) is 6.39. The van der Waals surface area contributed by atoms with Gasteiger partial charge in [0.1, 0.15) is 0 Å². The highest BCUT2D eigenvalue weighted by molar-refractivity contribution is 6.62. The monoisotopic (exact) mass is 210 g/mol. The third kappa shape index (κ3) is 4.64. The van der Waals surface area contributed by atoms with Gasteiger partial charge in [0.25, 0.3) is 5.78 Å². The Bertz CT molecular complexity index is 364. The average Bonchev–Trinajstić information content (AvgIpc) is 2.18. The first-order chi connectivity index (χ1) is 7.02. The van der Waals surface area contributed by atoms with Crippen LogP contribution in [0.3, 0.4) is 0 Å². The van der Waals surface area contributed by atoms with Gasteiger partial charge in [0, 0.05) is 6.42 Å². The summed E-state index contributed by atoms with van der Waals surface area (Å²) in [5.41, 5.74) is 7.69. The van der Waals surface area contributed by atoms with Gasteiger partial charge < -0.3 is 10.3 Å². The third-order valence-electron chi connectivity index (χ3n) is 1.40. The number of allylic oxidation sites excluding steroid dienone is 2. The number of methoxy groups -OCH3 is 1. The second-order valence-corrected chi connectivity index (χ2v) is 2.58. The van der Waals surface area contributed by atoms with E-state index in [1.54, 1.807) is 0 Å². The Labute approximate surface area is 86.1 Å². The fourth-order valence-corrected chi connectivity index (χ4v) is 0.736. The molecule has 6 nitrogen and oxygen atoms in total. The highest BCUT2D eigenvalue weighted by atomic mass is 16.5. The van der Waals surface area contributed by atoms with Crippen LogP contribution >= 0.6 is 0 Å². The van der Waals surface area contributed by atoms with Crippen molar-refractivity contribution in [2.45, 2.75) is 13.3 Å². The highest BCUT2D eigenvalue weighted by Gasteiger charge is 2.28. The summed E-state index contributed by atoms with van der Waals surface area (Å²) < 4.78 is 4.21. The molecule has 15 heavy (non-hydrogen) atoms. The van der Waals surface area contributed by atoms with Crippen molar-refractivity contribution in [1.29, 1.82) is 0 Å². The van der Waals surface area contributed by atoms with E-state index >= 15 is 0 Å². The summed E-state index contributed by atoms with van der Waals surface area (Å²) in [4.78, 5) is 35.1. The Balaban J connectivity index is 4.51. The molecule has 0 aromatic heterocycles. The Morgan fingerprint density at radius 3 is 2.40 bits per heavy atom. The van der Waals surface area contributed by atoms with Crippen LogP contribution in [0.2, 0.25) is 0 Å². The molecule has 0 heterocycles. The number of nitrogens with zero attached hydrogens (tertiary/aromatic N) is 2. The smallest absolute Gasteiger partial charge is 0.441 e. The number of carbonyl (C=O) groups is 3. The molecule has 0 aliphatic carbocycles. The van der Waals surface area contributed by atoms with Crippen LogP contribution in [0, 0.1) is 0 Å². The van der Waals surface area contributed by atoms with Crippen LogP contribution in [0.5, 0.6) is 0 Å². The normalized spacial score (nSPS) is 9.47. The molecule has 80 valence electrons. The minimum atomic E-state index is -1.02. The second-order valence-electron chi connectivity index (χ2n) is 2.58. The van der Waals surface area contributed by atoms with Crippen molar-refractivity contribution in [2.24, 2.45) is 0 Å². The number of rotatable bonds is 5. The quantitative estimate of drug-likeness (QED) is 0.158. The first kappa shape index (κ1) is 12.9. The molecule has 0 saturated carbocycles. The van der Waals surface area contributed by atoms with E-state index in [-0.39, 0.29) is 12.2 Å². The molecule has 0 N–H and O–H groups in total. The van der Waals surface area contributed by atoms with Gasteiger partial charge in [-0.25, -0.2) is 4.79 Å². The number of hydrogen-bond donors (Lipinski definition) is 0. The van der Waals surface area contributed by atoms with Crippen LogP contribution in [0.25, 0.3) is 5.53 Å². The fourth-order valence-electron chi connectivity index (χ4n) is 0.736. The van der Waals surface area contributed by atoms with E-state index in [0.29, 0.717) is 0 Å². The van der Waals surface area contributed by atoms with Crippen LogP contribution < -0.4 is 0 Å². The predicted octanol–water partition coefficient (Wildman–Crippen LogP) is -0.0654. The topological polar surface area (TPSA) is 96.8 Å². The van der Waals surface area contributed by atoms with E-state index in [1.165, 1.54) is 19.1 Å². The van der Waals surface area contributed by atoms with Crippen molar-refractivity contribution in [2.75, 3.05) is 7.11 Å². The maximum absolute atomic E-state index is 11.2. The Morgan fingerprint density at radius 2 is 2.00 bits per heavy atom. The van der Waals surface area contributed by atoms with Gasteiger partial charge in [-0.1, -0.05) is 6.08 Å². The minimum Gasteiger partial charge on any atom is -0.460 e. The summed E-state index contributed by atoms with van der Waals surface area (Å²) >= 11 is 0. The van der Waals surface area contributed by atoms with Crippen molar-refractivity contribution in [1.82, 2.24) is 0 Å². The number of Topliss-reactive ketones (excluding diaryl/α,β-unsaturated/α-hetero) is 1. The van der Waals surface area contributed by atoms with Crippen LogP contribution in [0.1, 0.15) is 13.3 Å². The number of esters is 1. The van der Waals surface area contributed by atoms with Crippen molar-refractivity contribution in [3.63, 3.8) is 0 Å². The molecule has 0 aromatic rings. The molecule has 0 atom stereocenters. The van der Waals surface area contributed by atoms with E-state index in [0.717, 1.165) is 7.11 Å². The van der Waals surface area contributed by atoms with Gasteiger partial charge in [-0.15, -0.1) is 0 Å². The SMILES string of the molecule is COC(=O)C(=[N+]=[N-])C(=O)C/C=C/C(C)=O. The zero-order valence-corrected chi connectivity index (χ0v) is 8.39. The van der Waals surface area contributed by atoms with Gasteiger partial charge in [0.05, 0.1) is 7.11 Å². The molecule has 6 heteroatoms. The van der Waals surface area contributed by atoms with Gasteiger partial charge in [0.2, 0.25) is 0 Å². The largest absolute Gasteiger partial charge is 0.460 e. The van der Waals surface area contributed by atoms with Crippen molar-refractivity contribution >= 4 is 23.2 Å². The molecule has 0 unspecified atom stereocenters. The van der Waals surface area contributed by atoms with Gasteiger partial charge >= 0.3 is 11.7 Å². The lowest BCUT2D eigenvalue weighted by Crippen LogP contribution is -2.25. The lowest BCUT2D eigenvalue weighted by molar-refractivity contribution is -0.139. The molecule has 0 saturated heterocycles. The van der Waals surface area contributed by atoms with Gasteiger partial charge in [0.15, 0.2) is 5.78 Å². The number of ether oxygens (including phenoxy) is 1. The Hall–Kier alpha value is -2.07. The molecular weight excluding hydrogens is 200 g/mol. The van der Waals surface area contributed by atoms with E-state index in [9.17, 15) is 14.4 Å². The van der Waals surface area contributed by atoms with E-state index in [2.05, 4.69) is 9.53 Å². The van der Waals surface area contributed by atoms with Gasteiger partial charge in [-0.05, 0) is 13.0 Å². The molecule has 0 fully saturated rings. The summed E-state index contributed by atoms with van der Waals surface area (Å²) in [6.07, 6.45) is 2.26. The van der Waals surface area contributed by atoms with E-state index in [4.69, 9.17) is 5.53 Å². The van der Waals surface area contributed by atoms with Crippen LogP contribution in [-0.2, 0) is 19.1 Å². The van der Waals surface area contributed by atoms with Crippen LogP contribution in [0.15, 0.2) is 12.2 Å². The van der Waals surface area contributed by atoms with Gasteiger partial charge in [-0.3, -0.25) is 9.59 Å². The maximum atomic E-state index is 11.2. The van der Waals surface area contributed by atoms with Crippen LogP contribution in [0.4, 0.5) is 0 Å². The number of ketones is 2. The van der Waals surface area contributed by atoms with Gasteiger partial charge in [-0.2, -0.15) is 4.79 Å². The average molecular weight is 210 g/mol. The third-order valence-corrected chi connectivity index (χ3v) is 1.40. The standard InChI is InChI=1S/C9H10N2O4/c1-6(12)4-3-5-7(13)8(11-10)9(14)15-2/h3-4H,5H2,1-2H3/b4-3+. The molecule has 0 bridgehead atoms. The fraction of sp³-hybridized carbons (Fsp3) is 0.333. The summed E-state index contributed by atoms with van der Waals surface area (Å²) in [6, 6.07) is 0. The first-order valence-electron chi connectivity index (χ1n) is 4.03. The summed E-state index contributed by atoms with van der Waals surface area (Å²) in [7, 11) is 1.06. The van der Waals surface area contributed by atoms with Crippen LogP contribution in [-0.4, -0.2) is 35.1 Å². The number of carbonyl (C=O) groups excluding carboxylic acids is 3. The maximum Gasteiger partial charge on any atom is 0.441 e. The molecule has 0 rings (SSSR count). The Kier molecular flexibility index (Phi) is 5.51. The molecule has 0 spiro atoms. The molecule has 0 aromatic carbocycles. The van der Waals surface area contributed by atoms with E-state index in [1.807, 2.05) is 0 Å². The Morgan fingerprint density at radius 1 is 1.40 bits per heavy atom. The summed E-state index contributed by atoms with van der Waals surface area (Å²) in [6.45, 7) is 1.32. The summed E-state index contributed by atoms with van der Waals surface area (Å²) in [5, 5.41) is 0. The van der Waals surface area contributed by atoms with Crippen molar-refractivity contribution in [3.8, 4) is 0 Å². The molecule has 0 amide bonds. The molecular formula is C9H10N2O4. The minimum absolute atomic E-state index is 0.200. The zero-order valence-electron chi connectivity index (χ0n) is 8.39. The van der Waals surface area contributed by atoms with E-state index < -0.39 is 17.5 Å². The highest BCUT2D eigenvalue weighted by Crippen LogP contribution is 1.91. The van der Waals surface area contributed by atoms with Crippen molar-refractivity contribution < 1.29 is 23.9 Å². The van der Waals surface area contributed by atoms with Crippen molar-refractivity contribution in [3.05, 3.63) is 17.7 Å². The molecule has 0 radical (unpaired) electrons. The zero-order chi connectivity index (χ0) is 11.8. The lowest BCUT2D eigenvalue weighted by atomic mass is 10.1. The number of hydrogen-bond acceptors (Lipinski definition) is 4. The first-order valence-corrected chi connectivity index (χ1v) is 4.03.